The normalized spacial score (nSPS) is 24.0. The Balaban J connectivity index is 1.37. The minimum Gasteiger partial charge on any atom is -0.327 e. The molecule has 182 valence electrons. The molecule has 0 spiro atoms. The molecule has 2 fully saturated rings. The first kappa shape index (κ1) is 23.4. The topological polar surface area (TPSA) is 37.2 Å². The van der Waals surface area contributed by atoms with Crippen LogP contribution in [0.2, 0.25) is 0 Å². The van der Waals surface area contributed by atoms with Gasteiger partial charge in [-0.25, -0.2) is 13.8 Å². The van der Waals surface area contributed by atoms with Crippen LogP contribution in [0, 0.1) is 6.92 Å². The molecule has 5 nitrogen and oxygen atoms in total. The molecule has 0 amide bonds. The largest absolute Gasteiger partial charge is 0.327 e. The van der Waals surface area contributed by atoms with Crippen LogP contribution in [0.4, 0.5) is 8.78 Å². The number of fused-ring (bicyclic) bond motifs is 1. The van der Waals surface area contributed by atoms with Gasteiger partial charge in [0.25, 0.3) is 5.92 Å². The number of likely N-dealkylation sites (tertiary alicyclic amines) is 2. The average molecular weight is 468 g/mol. The first-order valence-electron chi connectivity index (χ1n) is 12.6. The zero-order valence-corrected chi connectivity index (χ0v) is 20.3. The monoisotopic (exact) mass is 467 g/mol. The summed E-state index contributed by atoms with van der Waals surface area (Å²) in [4.78, 5) is 14.5. The third-order valence-corrected chi connectivity index (χ3v) is 7.73. The fourth-order valence-corrected chi connectivity index (χ4v) is 5.76. The van der Waals surface area contributed by atoms with Crippen LogP contribution in [0.1, 0.15) is 67.7 Å². The van der Waals surface area contributed by atoms with Crippen molar-refractivity contribution >= 4 is 11.0 Å². The zero-order valence-electron chi connectivity index (χ0n) is 20.3. The van der Waals surface area contributed by atoms with Crippen LogP contribution in [0.15, 0.2) is 42.6 Å². The van der Waals surface area contributed by atoms with E-state index in [4.69, 9.17) is 9.97 Å². The number of nitrogens with zero attached hydrogens (tertiary/aromatic N) is 5. The Morgan fingerprint density at radius 2 is 1.76 bits per heavy atom. The number of aryl methyl sites for hydroxylation is 2. The SMILES string of the molecule is Cc1cccnc1C1CCCC(c2nc3ccccc3n2CCCN2CCC(F)(F)CC2)N1C. The summed E-state index contributed by atoms with van der Waals surface area (Å²) in [5.41, 5.74) is 4.59. The van der Waals surface area contributed by atoms with Crippen molar-refractivity contribution in [1.82, 2.24) is 24.3 Å². The van der Waals surface area contributed by atoms with Gasteiger partial charge in [-0.1, -0.05) is 18.2 Å². The predicted molar refractivity (Wildman–Crippen MR) is 131 cm³/mol. The summed E-state index contributed by atoms with van der Waals surface area (Å²) in [6, 6.07) is 13.0. The molecule has 3 aromatic rings. The number of pyridine rings is 1. The van der Waals surface area contributed by atoms with E-state index in [-0.39, 0.29) is 24.9 Å². The van der Waals surface area contributed by atoms with E-state index in [1.165, 1.54) is 11.3 Å². The van der Waals surface area contributed by atoms with Gasteiger partial charge >= 0.3 is 0 Å². The number of halogens is 2. The van der Waals surface area contributed by atoms with Crippen LogP contribution in [0.3, 0.4) is 0 Å². The molecule has 2 aromatic heterocycles. The van der Waals surface area contributed by atoms with Gasteiger partial charge in [0.15, 0.2) is 0 Å². The number of piperidine rings is 2. The second kappa shape index (κ2) is 9.70. The van der Waals surface area contributed by atoms with Crippen molar-refractivity contribution in [1.29, 1.82) is 0 Å². The van der Waals surface area contributed by atoms with E-state index in [0.717, 1.165) is 55.6 Å². The lowest BCUT2D eigenvalue weighted by atomic mass is 9.92. The lowest BCUT2D eigenvalue weighted by Gasteiger charge is -2.39. The highest BCUT2D eigenvalue weighted by molar-refractivity contribution is 5.76. The van der Waals surface area contributed by atoms with Crippen molar-refractivity contribution < 1.29 is 8.78 Å². The molecule has 0 bridgehead atoms. The van der Waals surface area contributed by atoms with E-state index >= 15 is 0 Å². The van der Waals surface area contributed by atoms with Crippen LogP contribution in [-0.4, -0.2) is 56.9 Å². The Hall–Kier alpha value is -2.38. The van der Waals surface area contributed by atoms with Crippen molar-refractivity contribution in [3.63, 3.8) is 0 Å². The van der Waals surface area contributed by atoms with Crippen molar-refractivity contribution in [3.8, 4) is 0 Å². The van der Waals surface area contributed by atoms with Crippen LogP contribution in [-0.2, 0) is 6.54 Å². The molecule has 0 aliphatic carbocycles. The van der Waals surface area contributed by atoms with E-state index < -0.39 is 5.92 Å². The van der Waals surface area contributed by atoms with E-state index in [0.29, 0.717) is 13.1 Å². The molecule has 2 unspecified atom stereocenters. The van der Waals surface area contributed by atoms with Gasteiger partial charge in [-0.15, -0.1) is 0 Å². The summed E-state index contributed by atoms with van der Waals surface area (Å²) in [5.74, 6) is -1.37. The van der Waals surface area contributed by atoms with Crippen LogP contribution in [0.5, 0.6) is 0 Å². The van der Waals surface area contributed by atoms with Crippen LogP contribution >= 0.6 is 0 Å². The van der Waals surface area contributed by atoms with Gasteiger partial charge < -0.3 is 9.47 Å². The summed E-state index contributed by atoms with van der Waals surface area (Å²) < 4.78 is 29.4. The molecule has 0 N–H and O–H groups in total. The van der Waals surface area contributed by atoms with Gasteiger partial charge in [0.1, 0.15) is 5.82 Å². The summed E-state index contributed by atoms with van der Waals surface area (Å²) in [6.45, 7) is 4.81. The van der Waals surface area contributed by atoms with E-state index in [2.05, 4.69) is 52.6 Å². The smallest absolute Gasteiger partial charge is 0.250 e. The van der Waals surface area contributed by atoms with Gasteiger partial charge in [-0.05, 0) is 70.0 Å². The Morgan fingerprint density at radius 3 is 2.56 bits per heavy atom. The van der Waals surface area contributed by atoms with E-state index in [1.807, 2.05) is 18.3 Å². The third kappa shape index (κ3) is 4.73. The summed E-state index contributed by atoms with van der Waals surface area (Å²) in [7, 11) is 2.21. The second-order valence-electron chi connectivity index (χ2n) is 10.00. The Kier molecular flexibility index (Phi) is 6.67. The maximum Gasteiger partial charge on any atom is 0.250 e. The number of imidazole rings is 1. The third-order valence-electron chi connectivity index (χ3n) is 7.73. The van der Waals surface area contributed by atoms with Crippen molar-refractivity contribution in [2.45, 2.75) is 70.0 Å². The molecular weight excluding hydrogens is 432 g/mol. The van der Waals surface area contributed by atoms with Gasteiger partial charge in [-0.2, -0.15) is 0 Å². The Bertz CT molecular complexity index is 1120. The van der Waals surface area contributed by atoms with Crippen molar-refractivity contribution in [3.05, 3.63) is 59.7 Å². The molecule has 5 rings (SSSR count). The Morgan fingerprint density at radius 1 is 1.00 bits per heavy atom. The predicted octanol–water partition coefficient (Wildman–Crippen LogP) is 5.76. The van der Waals surface area contributed by atoms with Crippen LogP contribution < -0.4 is 0 Å². The minimum atomic E-state index is -2.49. The first-order valence-corrected chi connectivity index (χ1v) is 12.6. The molecule has 1 aromatic carbocycles. The lowest BCUT2D eigenvalue weighted by Crippen LogP contribution is -2.40. The number of alkyl halides is 2. The summed E-state index contributed by atoms with van der Waals surface area (Å²) >= 11 is 0. The van der Waals surface area contributed by atoms with Gasteiger partial charge in [-0.3, -0.25) is 9.88 Å². The molecule has 2 aliphatic rings. The first-order chi connectivity index (χ1) is 16.4. The number of hydrogen-bond acceptors (Lipinski definition) is 4. The van der Waals surface area contributed by atoms with E-state index in [9.17, 15) is 8.78 Å². The van der Waals surface area contributed by atoms with Gasteiger partial charge in [0.2, 0.25) is 0 Å². The number of rotatable bonds is 6. The molecular formula is C27H35F2N5. The quantitative estimate of drug-likeness (QED) is 0.462. The fourth-order valence-electron chi connectivity index (χ4n) is 5.76. The molecule has 2 saturated heterocycles. The number of benzene rings is 1. The standard InChI is InChI=1S/C27H35F2N5/c1-20-8-6-15-30-25(20)23-11-5-12-24(32(23)2)26-31-21-9-3-4-10-22(21)34(26)17-7-16-33-18-13-27(28,29)14-19-33/h3-4,6,8-10,15,23-24H,5,7,11-14,16-19H2,1-2H3. The highest BCUT2D eigenvalue weighted by atomic mass is 19.3. The van der Waals surface area contributed by atoms with Gasteiger partial charge in [0, 0.05) is 38.7 Å². The molecule has 0 saturated carbocycles. The van der Waals surface area contributed by atoms with Crippen molar-refractivity contribution in [2.75, 3.05) is 26.7 Å². The highest BCUT2D eigenvalue weighted by Gasteiger charge is 2.35. The average Bonchev–Trinajstić information content (AvgIpc) is 3.19. The summed E-state index contributed by atoms with van der Waals surface area (Å²) in [5, 5.41) is 0. The molecule has 2 atom stereocenters. The maximum atomic E-state index is 13.5. The number of para-hydroxylation sites is 2. The highest BCUT2D eigenvalue weighted by Crippen LogP contribution is 2.41. The van der Waals surface area contributed by atoms with Gasteiger partial charge in [0.05, 0.1) is 28.8 Å². The molecule has 0 radical (unpaired) electrons. The molecule has 4 heterocycles. The number of hydrogen-bond donors (Lipinski definition) is 0. The zero-order chi connectivity index (χ0) is 23.7. The molecule has 7 heteroatoms. The van der Waals surface area contributed by atoms with Crippen molar-refractivity contribution in [2.24, 2.45) is 0 Å². The maximum absolute atomic E-state index is 13.5. The van der Waals surface area contributed by atoms with E-state index in [1.54, 1.807) is 0 Å². The summed E-state index contributed by atoms with van der Waals surface area (Å²) in [6.07, 6.45) is 6.10. The minimum absolute atomic E-state index is 0.0204. The second-order valence-corrected chi connectivity index (χ2v) is 10.00. The Labute approximate surface area is 200 Å². The lowest BCUT2D eigenvalue weighted by molar-refractivity contribution is -0.0552. The fraction of sp³-hybridized carbons (Fsp3) is 0.556. The van der Waals surface area contributed by atoms with Crippen LogP contribution in [0.25, 0.3) is 11.0 Å². The number of aromatic nitrogens is 3. The molecule has 2 aliphatic heterocycles. The molecule has 34 heavy (non-hydrogen) atoms.